The largest absolute Gasteiger partial charge is 0.497 e. The van der Waals surface area contributed by atoms with Crippen molar-refractivity contribution in [1.82, 2.24) is 4.90 Å². The van der Waals surface area contributed by atoms with E-state index >= 15 is 0 Å². The van der Waals surface area contributed by atoms with Crippen LogP contribution in [0.15, 0.2) is 54.2 Å². The molecule has 1 saturated heterocycles. The zero-order valence-electron chi connectivity index (χ0n) is 18.3. The summed E-state index contributed by atoms with van der Waals surface area (Å²) in [6.07, 6.45) is 2.14. The van der Waals surface area contributed by atoms with E-state index in [1.165, 1.54) is 4.90 Å². The van der Waals surface area contributed by atoms with Gasteiger partial charge in [0.25, 0.3) is 11.8 Å². The Balaban J connectivity index is 1.76. The Morgan fingerprint density at radius 3 is 2.26 bits per heavy atom. The summed E-state index contributed by atoms with van der Waals surface area (Å²) in [5.41, 5.74) is 2.22. The van der Waals surface area contributed by atoms with E-state index < -0.39 is 0 Å². The van der Waals surface area contributed by atoms with Crippen LogP contribution in [0.3, 0.4) is 0 Å². The van der Waals surface area contributed by atoms with E-state index in [-0.39, 0.29) is 11.8 Å². The Morgan fingerprint density at radius 1 is 0.968 bits per heavy atom. The second-order valence-corrected chi connectivity index (χ2v) is 8.02. The smallest absolute Gasteiger partial charge is 0.282 e. The molecule has 31 heavy (non-hydrogen) atoms. The van der Waals surface area contributed by atoms with Crippen LogP contribution in [0.5, 0.6) is 11.5 Å². The number of methoxy groups -OCH3 is 1. The minimum absolute atomic E-state index is 0.270. The van der Waals surface area contributed by atoms with Crippen molar-refractivity contribution >= 4 is 23.1 Å². The molecule has 1 unspecified atom stereocenters. The van der Waals surface area contributed by atoms with Crippen LogP contribution in [0.2, 0.25) is 0 Å². The summed E-state index contributed by atoms with van der Waals surface area (Å²) in [4.78, 5) is 30.5. The average molecular weight is 421 g/mol. The third-order valence-corrected chi connectivity index (χ3v) is 5.82. The lowest BCUT2D eigenvalue weighted by molar-refractivity contribution is -0.120. The monoisotopic (exact) mass is 420 g/mol. The second kappa shape index (κ2) is 8.84. The fourth-order valence-corrected chi connectivity index (χ4v) is 4.31. The van der Waals surface area contributed by atoms with E-state index in [9.17, 15) is 9.59 Å². The maximum atomic E-state index is 13.6. The second-order valence-electron chi connectivity index (χ2n) is 8.02. The zero-order chi connectivity index (χ0) is 22.0. The number of anilines is 1. The van der Waals surface area contributed by atoms with Crippen LogP contribution in [0, 0.1) is 5.92 Å². The standard InChI is InChI=1S/C25H28N2O4/c1-4-31-21-11-7-18(8-12-21)22-23(26-15-5-6-17(2)16-26)25(29)27(24(22)28)19-9-13-20(30-3)14-10-19/h7-14,17H,4-6,15-16H2,1-3H3. The Hall–Kier alpha value is -3.28. The van der Waals surface area contributed by atoms with Gasteiger partial charge in [0.1, 0.15) is 17.2 Å². The highest BCUT2D eigenvalue weighted by molar-refractivity contribution is 6.45. The quantitative estimate of drug-likeness (QED) is 0.659. The van der Waals surface area contributed by atoms with Gasteiger partial charge in [-0.1, -0.05) is 19.1 Å². The summed E-state index contributed by atoms with van der Waals surface area (Å²) >= 11 is 0. The van der Waals surface area contributed by atoms with E-state index in [0.29, 0.717) is 35.2 Å². The zero-order valence-corrected chi connectivity index (χ0v) is 18.3. The molecule has 0 spiro atoms. The Kier molecular flexibility index (Phi) is 5.98. The van der Waals surface area contributed by atoms with Crippen LogP contribution in [0.25, 0.3) is 5.57 Å². The van der Waals surface area contributed by atoms with E-state index in [0.717, 1.165) is 37.2 Å². The van der Waals surface area contributed by atoms with Crippen LogP contribution in [-0.4, -0.2) is 43.5 Å². The molecular formula is C25H28N2O4. The lowest BCUT2D eigenvalue weighted by Gasteiger charge is -2.33. The van der Waals surface area contributed by atoms with Crippen LogP contribution < -0.4 is 14.4 Å². The van der Waals surface area contributed by atoms with Crippen molar-refractivity contribution < 1.29 is 19.1 Å². The van der Waals surface area contributed by atoms with Crippen LogP contribution in [-0.2, 0) is 9.59 Å². The highest BCUT2D eigenvalue weighted by Gasteiger charge is 2.43. The van der Waals surface area contributed by atoms with Crippen molar-refractivity contribution in [2.75, 3.05) is 31.7 Å². The number of likely N-dealkylation sites (tertiary alicyclic amines) is 1. The molecule has 0 bridgehead atoms. The minimum atomic E-state index is -0.299. The van der Waals surface area contributed by atoms with Crippen molar-refractivity contribution in [3.8, 4) is 11.5 Å². The van der Waals surface area contributed by atoms with Crippen molar-refractivity contribution in [2.45, 2.75) is 26.7 Å². The topological polar surface area (TPSA) is 59.1 Å². The van der Waals surface area contributed by atoms with Gasteiger partial charge in [0.2, 0.25) is 0 Å². The molecule has 6 nitrogen and oxygen atoms in total. The first kappa shape index (κ1) is 21.0. The fourth-order valence-electron chi connectivity index (χ4n) is 4.31. The number of amides is 2. The number of hydrogen-bond donors (Lipinski definition) is 0. The third-order valence-electron chi connectivity index (χ3n) is 5.82. The molecule has 6 heteroatoms. The molecule has 2 aromatic rings. The SMILES string of the molecule is CCOc1ccc(C2=C(N3CCCC(C)C3)C(=O)N(c3ccc(OC)cc3)C2=O)cc1. The lowest BCUT2D eigenvalue weighted by atomic mass is 9.97. The Labute approximate surface area is 183 Å². The number of rotatable bonds is 6. The number of hydrogen-bond acceptors (Lipinski definition) is 5. The first-order valence-corrected chi connectivity index (χ1v) is 10.8. The predicted molar refractivity (Wildman–Crippen MR) is 120 cm³/mol. The molecule has 1 fully saturated rings. The first-order valence-electron chi connectivity index (χ1n) is 10.8. The minimum Gasteiger partial charge on any atom is -0.497 e. The molecule has 0 radical (unpaired) electrons. The first-order chi connectivity index (χ1) is 15.0. The molecule has 2 aliphatic heterocycles. The van der Waals surface area contributed by atoms with Gasteiger partial charge in [-0.05, 0) is 67.6 Å². The van der Waals surface area contributed by atoms with Gasteiger partial charge in [0.05, 0.1) is 25.0 Å². The van der Waals surface area contributed by atoms with Gasteiger partial charge in [-0.15, -0.1) is 0 Å². The Morgan fingerprint density at radius 2 is 1.65 bits per heavy atom. The van der Waals surface area contributed by atoms with E-state index in [2.05, 4.69) is 11.8 Å². The van der Waals surface area contributed by atoms with E-state index in [1.807, 2.05) is 31.2 Å². The van der Waals surface area contributed by atoms with Gasteiger partial charge in [0.15, 0.2) is 0 Å². The van der Waals surface area contributed by atoms with Crippen LogP contribution in [0.1, 0.15) is 32.3 Å². The average Bonchev–Trinajstić information content (AvgIpc) is 3.04. The maximum absolute atomic E-state index is 13.6. The highest BCUT2D eigenvalue weighted by atomic mass is 16.5. The summed E-state index contributed by atoms with van der Waals surface area (Å²) in [5.74, 6) is 1.32. The molecular weight excluding hydrogens is 392 g/mol. The number of ether oxygens (including phenoxy) is 2. The Bertz CT molecular complexity index is 995. The fraction of sp³-hybridized carbons (Fsp3) is 0.360. The van der Waals surface area contributed by atoms with Crippen molar-refractivity contribution in [3.63, 3.8) is 0 Å². The number of carbonyl (C=O) groups is 2. The molecule has 0 N–H and O–H groups in total. The molecule has 0 saturated carbocycles. The molecule has 2 aliphatic rings. The van der Waals surface area contributed by atoms with E-state index in [4.69, 9.17) is 9.47 Å². The molecule has 1 atom stereocenters. The summed E-state index contributed by atoms with van der Waals surface area (Å²) in [6, 6.07) is 14.4. The van der Waals surface area contributed by atoms with Crippen molar-refractivity contribution in [1.29, 1.82) is 0 Å². The normalized spacial score (nSPS) is 19.3. The van der Waals surface area contributed by atoms with Gasteiger partial charge in [-0.3, -0.25) is 9.59 Å². The van der Waals surface area contributed by atoms with Gasteiger partial charge in [-0.25, -0.2) is 4.90 Å². The summed E-state index contributed by atoms with van der Waals surface area (Å²) in [5, 5.41) is 0. The van der Waals surface area contributed by atoms with Crippen LogP contribution in [0.4, 0.5) is 5.69 Å². The summed E-state index contributed by atoms with van der Waals surface area (Å²) in [7, 11) is 1.59. The number of imide groups is 1. The van der Waals surface area contributed by atoms with Gasteiger partial charge in [0, 0.05) is 13.1 Å². The molecule has 0 aliphatic carbocycles. The predicted octanol–water partition coefficient (Wildman–Crippen LogP) is 4.11. The van der Waals surface area contributed by atoms with Gasteiger partial charge < -0.3 is 14.4 Å². The lowest BCUT2D eigenvalue weighted by Crippen LogP contribution is -2.39. The number of benzene rings is 2. The summed E-state index contributed by atoms with van der Waals surface area (Å²) < 4.78 is 10.8. The molecule has 2 heterocycles. The molecule has 4 rings (SSSR count). The maximum Gasteiger partial charge on any atom is 0.282 e. The van der Waals surface area contributed by atoms with E-state index in [1.54, 1.807) is 31.4 Å². The molecule has 0 aromatic heterocycles. The number of piperidine rings is 1. The molecule has 2 aromatic carbocycles. The number of nitrogens with zero attached hydrogens (tertiary/aromatic N) is 2. The number of carbonyl (C=O) groups excluding carboxylic acids is 2. The summed E-state index contributed by atoms with van der Waals surface area (Å²) in [6.45, 7) is 6.23. The van der Waals surface area contributed by atoms with Crippen molar-refractivity contribution in [2.24, 2.45) is 5.92 Å². The molecule has 162 valence electrons. The van der Waals surface area contributed by atoms with Gasteiger partial charge in [-0.2, -0.15) is 0 Å². The highest BCUT2D eigenvalue weighted by Crippen LogP contribution is 2.37. The third kappa shape index (κ3) is 4.02. The molecule has 2 amide bonds. The van der Waals surface area contributed by atoms with Crippen molar-refractivity contribution in [3.05, 3.63) is 59.8 Å². The van der Waals surface area contributed by atoms with Crippen LogP contribution >= 0.6 is 0 Å². The van der Waals surface area contributed by atoms with Gasteiger partial charge >= 0.3 is 0 Å².